The van der Waals surface area contributed by atoms with Gasteiger partial charge in [-0.25, -0.2) is 4.79 Å². The third kappa shape index (κ3) is 1.21. The van der Waals surface area contributed by atoms with Crippen LogP contribution in [0.1, 0.15) is 6.92 Å². The summed E-state index contributed by atoms with van der Waals surface area (Å²) in [5, 5.41) is 11.6. The maximum absolute atomic E-state index is 11.4. The summed E-state index contributed by atoms with van der Waals surface area (Å²) in [7, 11) is 1.20. The Labute approximate surface area is 81.7 Å². The summed E-state index contributed by atoms with van der Waals surface area (Å²) in [6, 6.07) is 0. The molecule has 0 radical (unpaired) electrons. The third-order valence-electron chi connectivity index (χ3n) is 2.57. The molecule has 0 aromatic heterocycles. The molecule has 0 saturated carbocycles. The zero-order chi connectivity index (χ0) is 10.9. The molecule has 1 aliphatic rings. The van der Waals surface area contributed by atoms with Crippen LogP contribution in [-0.4, -0.2) is 36.2 Å². The molecule has 0 aliphatic carbocycles. The Bertz CT molecular complexity index is 299. The Morgan fingerprint density at radius 3 is 2.64 bits per heavy atom. The van der Waals surface area contributed by atoms with Gasteiger partial charge in [0.1, 0.15) is 0 Å². The number of hydrogen-bond donors (Lipinski definition) is 2. The molecule has 1 amide bonds. The zero-order valence-corrected chi connectivity index (χ0v) is 8.16. The van der Waals surface area contributed by atoms with Gasteiger partial charge in [0, 0.05) is 0 Å². The normalized spacial score (nSPS) is 31.5. The average Bonchev–Trinajstić information content (AvgIpc) is 2.42. The maximum atomic E-state index is 11.4. The molecule has 1 fully saturated rings. The molecule has 2 N–H and O–H groups in total. The first-order chi connectivity index (χ1) is 6.49. The quantitative estimate of drug-likeness (QED) is 0.451. The predicted molar refractivity (Wildman–Crippen MR) is 48.3 cm³/mol. The van der Waals surface area contributed by atoms with E-state index >= 15 is 0 Å². The van der Waals surface area contributed by atoms with E-state index in [1.54, 1.807) is 6.92 Å². The molecule has 0 aromatic rings. The van der Waals surface area contributed by atoms with E-state index in [9.17, 15) is 9.59 Å². The number of amides is 1. The maximum Gasteiger partial charge on any atom is 0.338 e. The van der Waals surface area contributed by atoms with Gasteiger partial charge in [0.15, 0.2) is 5.54 Å². The van der Waals surface area contributed by atoms with Crippen molar-refractivity contribution in [3.05, 3.63) is 12.2 Å². The Morgan fingerprint density at radius 2 is 2.36 bits per heavy atom. The van der Waals surface area contributed by atoms with Crippen LogP contribution in [0.2, 0.25) is 0 Å². The lowest BCUT2D eigenvalue weighted by molar-refractivity contribution is -0.149. The number of hydrogen-bond acceptors (Lipinski definition) is 4. The summed E-state index contributed by atoms with van der Waals surface area (Å²) in [5.74, 6) is -1.50. The van der Waals surface area contributed by atoms with E-state index in [1.807, 2.05) is 0 Å². The van der Waals surface area contributed by atoms with Gasteiger partial charge < -0.3 is 15.2 Å². The fraction of sp³-hybridized carbons (Fsp3) is 0.556. The SMILES string of the molecule is C=C1[C@H](C)C(=O)N[C@@]1(CO)C(=O)OC. The summed E-state index contributed by atoms with van der Waals surface area (Å²) >= 11 is 0. The molecule has 1 rings (SSSR count). The fourth-order valence-corrected chi connectivity index (χ4v) is 1.49. The molecular weight excluding hydrogens is 186 g/mol. The van der Waals surface area contributed by atoms with E-state index < -0.39 is 24.0 Å². The van der Waals surface area contributed by atoms with Gasteiger partial charge in [0.05, 0.1) is 19.6 Å². The summed E-state index contributed by atoms with van der Waals surface area (Å²) in [6.07, 6.45) is 0. The van der Waals surface area contributed by atoms with E-state index in [0.717, 1.165) is 0 Å². The lowest BCUT2D eigenvalue weighted by atomic mass is 9.89. The Morgan fingerprint density at radius 1 is 1.79 bits per heavy atom. The molecule has 78 valence electrons. The largest absolute Gasteiger partial charge is 0.467 e. The van der Waals surface area contributed by atoms with Crippen LogP contribution in [0, 0.1) is 5.92 Å². The predicted octanol–water partition coefficient (Wildman–Crippen LogP) is -0.787. The van der Waals surface area contributed by atoms with Crippen LogP contribution in [0.15, 0.2) is 12.2 Å². The van der Waals surface area contributed by atoms with Gasteiger partial charge in [-0.2, -0.15) is 0 Å². The number of methoxy groups -OCH3 is 1. The van der Waals surface area contributed by atoms with Crippen LogP contribution < -0.4 is 5.32 Å². The number of carbonyl (C=O) groups is 2. The van der Waals surface area contributed by atoms with Crippen LogP contribution in [0.3, 0.4) is 0 Å². The smallest absolute Gasteiger partial charge is 0.338 e. The van der Waals surface area contributed by atoms with Crippen molar-refractivity contribution >= 4 is 11.9 Å². The first-order valence-corrected chi connectivity index (χ1v) is 4.20. The van der Waals surface area contributed by atoms with Crippen molar-refractivity contribution in [1.29, 1.82) is 0 Å². The van der Waals surface area contributed by atoms with Gasteiger partial charge in [-0.1, -0.05) is 6.58 Å². The van der Waals surface area contributed by atoms with Crippen molar-refractivity contribution in [1.82, 2.24) is 5.32 Å². The van der Waals surface area contributed by atoms with Crippen molar-refractivity contribution in [2.24, 2.45) is 5.92 Å². The zero-order valence-electron chi connectivity index (χ0n) is 8.16. The molecule has 0 aromatic carbocycles. The summed E-state index contributed by atoms with van der Waals surface area (Å²) in [5.41, 5.74) is -1.11. The highest BCUT2D eigenvalue weighted by atomic mass is 16.5. The molecular formula is C9H13NO4. The van der Waals surface area contributed by atoms with Gasteiger partial charge in [-0.15, -0.1) is 0 Å². The minimum absolute atomic E-state index is 0.325. The number of esters is 1. The fourth-order valence-electron chi connectivity index (χ4n) is 1.49. The van der Waals surface area contributed by atoms with Crippen LogP contribution in [0.4, 0.5) is 0 Å². The van der Waals surface area contributed by atoms with E-state index in [-0.39, 0.29) is 5.91 Å². The molecule has 14 heavy (non-hydrogen) atoms. The summed E-state index contributed by atoms with van der Waals surface area (Å²) in [6.45, 7) is 4.72. The first-order valence-electron chi connectivity index (χ1n) is 4.20. The molecule has 5 heteroatoms. The molecule has 2 atom stereocenters. The number of aliphatic hydroxyl groups is 1. The Balaban J connectivity index is 3.09. The molecule has 5 nitrogen and oxygen atoms in total. The van der Waals surface area contributed by atoms with Crippen molar-refractivity contribution < 1.29 is 19.4 Å². The van der Waals surface area contributed by atoms with E-state index in [0.29, 0.717) is 5.57 Å². The highest BCUT2D eigenvalue weighted by molar-refractivity contribution is 5.98. The lowest BCUT2D eigenvalue weighted by Gasteiger charge is -2.24. The number of aliphatic hydroxyl groups excluding tert-OH is 1. The van der Waals surface area contributed by atoms with Crippen molar-refractivity contribution in [2.75, 3.05) is 13.7 Å². The molecule has 1 saturated heterocycles. The highest BCUT2D eigenvalue weighted by Crippen LogP contribution is 2.30. The van der Waals surface area contributed by atoms with Crippen molar-refractivity contribution in [3.8, 4) is 0 Å². The minimum atomic E-state index is -1.45. The third-order valence-corrected chi connectivity index (χ3v) is 2.57. The Hall–Kier alpha value is -1.36. The van der Waals surface area contributed by atoms with Crippen LogP contribution in [0.5, 0.6) is 0 Å². The lowest BCUT2D eigenvalue weighted by Crippen LogP contribution is -2.53. The van der Waals surface area contributed by atoms with Crippen LogP contribution >= 0.6 is 0 Å². The molecule has 1 heterocycles. The topological polar surface area (TPSA) is 75.6 Å². The molecule has 0 bridgehead atoms. The molecule has 0 unspecified atom stereocenters. The second kappa shape index (κ2) is 3.42. The Kier molecular flexibility index (Phi) is 2.62. The summed E-state index contributed by atoms with van der Waals surface area (Å²) in [4.78, 5) is 22.7. The second-order valence-corrected chi connectivity index (χ2v) is 3.29. The van der Waals surface area contributed by atoms with Crippen LogP contribution in [0.25, 0.3) is 0 Å². The highest BCUT2D eigenvalue weighted by Gasteiger charge is 2.52. The van der Waals surface area contributed by atoms with Gasteiger partial charge in [-0.3, -0.25) is 4.79 Å². The van der Waals surface area contributed by atoms with Gasteiger partial charge >= 0.3 is 5.97 Å². The van der Waals surface area contributed by atoms with Gasteiger partial charge in [0.2, 0.25) is 5.91 Å². The van der Waals surface area contributed by atoms with Gasteiger partial charge in [-0.05, 0) is 12.5 Å². The van der Waals surface area contributed by atoms with Crippen molar-refractivity contribution in [2.45, 2.75) is 12.5 Å². The van der Waals surface area contributed by atoms with Crippen LogP contribution in [-0.2, 0) is 14.3 Å². The average molecular weight is 199 g/mol. The number of ether oxygens (including phenoxy) is 1. The molecule has 1 aliphatic heterocycles. The van der Waals surface area contributed by atoms with E-state index in [4.69, 9.17) is 5.11 Å². The summed E-state index contributed by atoms with van der Waals surface area (Å²) < 4.78 is 4.52. The van der Waals surface area contributed by atoms with Gasteiger partial charge in [0.25, 0.3) is 0 Å². The van der Waals surface area contributed by atoms with E-state index in [1.165, 1.54) is 7.11 Å². The number of nitrogens with one attached hydrogen (secondary N) is 1. The minimum Gasteiger partial charge on any atom is -0.467 e. The standard InChI is InChI=1S/C9H13NO4/c1-5-6(2)9(4-11,8(13)14-3)10-7(5)12/h5,11H,2,4H2,1,3H3,(H,10,12)/t5-,9+/m0/s1. The number of carbonyl (C=O) groups excluding carboxylic acids is 2. The first kappa shape index (κ1) is 10.7. The second-order valence-electron chi connectivity index (χ2n) is 3.29. The molecule has 0 spiro atoms. The van der Waals surface area contributed by atoms with E-state index in [2.05, 4.69) is 16.6 Å². The number of rotatable bonds is 2. The monoisotopic (exact) mass is 199 g/mol. The van der Waals surface area contributed by atoms with Crippen molar-refractivity contribution in [3.63, 3.8) is 0 Å².